The highest BCUT2D eigenvalue weighted by atomic mass is 35.5. The quantitative estimate of drug-likeness (QED) is 0.845. The average molecular weight is 269 g/mol. The van der Waals surface area contributed by atoms with Crippen LogP contribution in [0.3, 0.4) is 0 Å². The van der Waals surface area contributed by atoms with Crippen molar-refractivity contribution in [1.29, 1.82) is 0 Å². The molecule has 2 rings (SSSR count). The van der Waals surface area contributed by atoms with Gasteiger partial charge in [0.25, 0.3) is 0 Å². The lowest BCUT2D eigenvalue weighted by Gasteiger charge is -2.16. The van der Waals surface area contributed by atoms with Crippen molar-refractivity contribution in [2.24, 2.45) is 0 Å². The third-order valence-electron chi connectivity index (χ3n) is 3.11. The molecule has 1 N–H and O–H groups in total. The molecular formula is C12H17ClN4O. The number of hydrogen-bond donors (Lipinski definition) is 1. The Balaban J connectivity index is 1.97. The summed E-state index contributed by atoms with van der Waals surface area (Å²) in [7, 11) is 0. The summed E-state index contributed by atoms with van der Waals surface area (Å²) in [6.45, 7) is 3.98. The van der Waals surface area contributed by atoms with E-state index >= 15 is 0 Å². The van der Waals surface area contributed by atoms with Crippen LogP contribution in [0.25, 0.3) is 0 Å². The highest BCUT2D eigenvalue weighted by Gasteiger charge is 2.18. The zero-order valence-corrected chi connectivity index (χ0v) is 11.2. The second kappa shape index (κ2) is 6.00. The number of rotatable bonds is 4. The Morgan fingerprint density at radius 3 is 2.83 bits per heavy atom. The molecule has 98 valence electrons. The molecule has 1 amide bonds. The topological polar surface area (TPSA) is 58.1 Å². The van der Waals surface area contributed by atoms with Crippen LogP contribution in [0.4, 0.5) is 5.82 Å². The molecule has 6 heteroatoms. The van der Waals surface area contributed by atoms with Gasteiger partial charge in [-0.25, -0.2) is 9.97 Å². The van der Waals surface area contributed by atoms with Crippen molar-refractivity contribution in [1.82, 2.24) is 14.9 Å². The van der Waals surface area contributed by atoms with Gasteiger partial charge in [-0.15, -0.1) is 0 Å². The van der Waals surface area contributed by atoms with Gasteiger partial charge in [0.2, 0.25) is 5.91 Å². The molecule has 1 aliphatic rings. The number of likely N-dealkylation sites (tertiary alicyclic amines) is 1. The van der Waals surface area contributed by atoms with Gasteiger partial charge in [-0.05, 0) is 19.3 Å². The van der Waals surface area contributed by atoms with Crippen molar-refractivity contribution >= 4 is 23.3 Å². The van der Waals surface area contributed by atoms with Crippen molar-refractivity contribution in [3.05, 3.63) is 17.0 Å². The molecule has 0 atom stereocenters. The normalized spacial score (nSPS) is 14.9. The van der Waals surface area contributed by atoms with Crippen molar-refractivity contribution < 1.29 is 4.79 Å². The Morgan fingerprint density at radius 1 is 1.44 bits per heavy atom. The van der Waals surface area contributed by atoms with E-state index < -0.39 is 0 Å². The standard InChI is InChI=1S/C12H17ClN4O/c1-2-9-11(13)15-8-16-12(9)14-7-10(18)17-5-3-4-6-17/h8H,2-7H2,1H3,(H,14,15,16). The monoisotopic (exact) mass is 268 g/mol. The number of anilines is 1. The van der Waals surface area contributed by atoms with Crippen molar-refractivity contribution in [3.63, 3.8) is 0 Å². The third-order valence-corrected chi connectivity index (χ3v) is 3.44. The average Bonchev–Trinajstić information content (AvgIpc) is 2.90. The van der Waals surface area contributed by atoms with Gasteiger partial charge in [0, 0.05) is 18.7 Å². The second-order valence-electron chi connectivity index (χ2n) is 4.29. The maximum Gasteiger partial charge on any atom is 0.241 e. The van der Waals surface area contributed by atoms with E-state index in [9.17, 15) is 4.79 Å². The molecule has 0 aromatic carbocycles. The number of nitrogens with one attached hydrogen (secondary N) is 1. The lowest BCUT2D eigenvalue weighted by molar-refractivity contribution is -0.128. The summed E-state index contributed by atoms with van der Waals surface area (Å²) < 4.78 is 0. The van der Waals surface area contributed by atoms with Crippen LogP contribution in [-0.4, -0.2) is 40.4 Å². The zero-order chi connectivity index (χ0) is 13.0. The summed E-state index contributed by atoms with van der Waals surface area (Å²) in [6, 6.07) is 0. The first-order chi connectivity index (χ1) is 8.72. The largest absolute Gasteiger partial charge is 0.361 e. The fourth-order valence-electron chi connectivity index (χ4n) is 2.09. The Morgan fingerprint density at radius 2 is 2.17 bits per heavy atom. The van der Waals surface area contributed by atoms with Crippen LogP contribution in [0.1, 0.15) is 25.3 Å². The maximum absolute atomic E-state index is 11.9. The predicted octanol–water partition coefficient (Wildman–Crippen LogP) is 1.73. The minimum absolute atomic E-state index is 0.115. The fourth-order valence-corrected chi connectivity index (χ4v) is 2.36. The van der Waals surface area contributed by atoms with Gasteiger partial charge in [-0.3, -0.25) is 4.79 Å². The molecule has 1 saturated heterocycles. The van der Waals surface area contributed by atoms with E-state index in [1.165, 1.54) is 6.33 Å². The summed E-state index contributed by atoms with van der Waals surface area (Å²) in [5.74, 6) is 0.773. The van der Waals surface area contributed by atoms with Gasteiger partial charge in [0.05, 0.1) is 6.54 Å². The summed E-state index contributed by atoms with van der Waals surface area (Å²) in [5.41, 5.74) is 0.855. The van der Waals surface area contributed by atoms with Crippen molar-refractivity contribution in [2.45, 2.75) is 26.2 Å². The molecule has 0 saturated carbocycles. The molecule has 1 fully saturated rings. The van der Waals surface area contributed by atoms with Crippen molar-refractivity contribution in [3.8, 4) is 0 Å². The van der Waals surface area contributed by atoms with Gasteiger partial charge in [-0.1, -0.05) is 18.5 Å². The Kier molecular flexibility index (Phi) is 4.36. The van der Waals surface area contributed by atoms with Crippen molar-refractivity contribution in [2.75, 3.05) is 25.0 Å². The molecule has 0 aliphatic carbocycles. The van der Waals surface area contributed by atoms with Crippen LogP contribution >= 0.6 is 11.6 Å². The molecule has 1 aliphatic heterocycles. The van der Waals surface area contributed by atoms with E-state index in [0.29, 0.717) is 11.0 Å². The summed E-state index contributed by atoms with van der Waals surface area (Å²) in [6.07, 6.45) is 4.35. The van der Waals surface area contributed by atoms with E-state index in [4.69, 9.17) is 11.6 Å². The number of carbonyl (C=O) groups is 1. The number of halogens is 1. The van der Waals surface area contributed by atoms with E-state index in [1.807, 2.05) is 11.8 Å². The zero-order valence-electron chi connectivity index (χ0n) is 10.4. The van der Waals surface area contributed by atoms with E-state index in [2.05, 4.69) is 15.3 Å². The number of nitrogens with zero attached hydrogens (tertiary/aromatic N) is 3. The molecule has 1 aromatic heterocycles. The van der Waals surface area contributed by atoms with Gasteiger partial charge >= 0.3 is 0 Å². The Bertz CT molecular complexity index is 432. The van der Waals surface area contributed by atoms with Gasteiger partial charge in [0.1, 0.15) is 17.3 Å². The van der Waals surface area contributed by atoms with E-state index in [-0.39, 0.29) is 12.5 Å². The van der Waals surface area contributed by atoms with Gasteiger partial charge in [0.15, 0.2) is 0 Å². The summed E-state index contributed by atoms with van der Waals surface area (Å²) in [5, 5.41) is 3.50. The van der Waals surface area contributed by atoms with Gasteiger partial charge in [-0.2, -0.15) is 0 Å². The third kappa shape index (κ3) is 2.90. The highest BCUT2D eigenvalue weighted by Crippen LogP contribution is 2.20. The molecule has 18 heavy (non-hydrogen) atoms. The number of amides is 1. The van der Waals surface area contributed by atoms with Crippen LogP contribution in [-0.2, 0) is 11.2 Å². The smallest absolute Gasteiger partial charge is 0.241 e. The van der Waals surface area contributed by atoms with Crippen LogP contribution in [0.15, 0.2) is 6.33 Å². The predicted molar refractivity (Wildman–Crippen MR) is 70.7 cm³/mol. The Hall–Kier alpha value is -1.36. The summed E-state index contributed by atoms with van der Waals surface area (Å²) >= 11 is 5.99. The van der Waals surface area contributed by atoms with Gasteiger partial charge < -0.3 is 10.2 Å². The molecular weight excluding hydrogens is 252 g/mol. The first-order valence-electron chi connectivity index (χ1n) is 6.23. The van der Waals surface area contributed by atoms with E-state index in [0.717, 1.165) is 37.9 Å². The molecule has 1 aromatic rings. The lowest BCUT2D eigenvalue weighted by Crippen LogP contribution is -2.33. The second-order valence-corrected chi connectivity index (χ2v) is 4.64. The molecule has 2 heterocycles. The first kappa shape index (κ1) is 13.1. The molecule has 0 bridgehead atoms. The minimum Gasteiger partial charge on any atom is -0.361 e. The van der Waals surface area contributed by atoms with Crippen LogP contribution in [0, 0.1) is 0 Å². The summed E-state index contributed by atoms with van der Waals surface area (Å²) in [4.78, 5) is 21.8. The number of hydrogen-bond acceptors (Lipinski definition) is 4. The van der Waals surface area contributed by atoms with Crippen LogP contribution in [0.5, 0.6) is 0 Å². The van der Waals surface area contributed by atoms with Crippen LogP contribution in [0.2, 0.25) is 5.15 Å². The van der Waals surface area contributed by atoms with Crippen LogP contribution < -0.4 is 5.32 Å². The minimum atomic E-state index is 0.115. The highest BCUT2D eigenvalue weighted by molar-refractivity contribution is 6.30. The molecule has 0 unspecified atom stereocenters. The maximum atomic E-state index is 11.9. The lowest BCUT2D eigenvalue weighted by atomic mass is 10.2. The SMILES string of the molecule is CCc1c(Cl)ncnc1NCC(=O)N1CCCC1. The number of aromatic nitrogens is 2. The Labute approximate surface area is 112 Å². The number of carbonyl (C=O) groups excluding carboxylic acids is 1. The fraction of sp³-hybridized carbons (Fsp3) is 0.583. The molecule has 5 nitrogen and oxygen atoms in total. The molecule has 0 radical (unpaired) electrons. The molecule has 0 spiro atoms. The first-order valence-corrected chi connectivity index (χ1v) is 6.61. The van der Waals surface area contributed by atoms with E-state index in [1.54, 1.807) is 0 Å².